The van der Waals surface area contributed by atoms with E-state index >= 15 is 0 Å². The second kappa shape index (κ2) is 9.39. The Bertz CT molecular complexity index is 567. The Labute approximate surface area is 147 Å². The molecule has 2 rings (SSSR count). The molecule has 5 nitrogen and oxygen atoms in total. The molecule has 1 aromatic rings. The van der Waals surface area contributed by atoms with E-state index in [9.17, 15) is 14.0 Å². The van der Waals surface area contributed by atoms with E-state index in [4.69, 9.17) is 9.47 Å². The molecule has 1 N–H and O–H groups in total. The zero-order valence-corrected chi connectivity index (χ0v) is 14.8. The molecule has 1 saturated carbocycles. The van der Waals surface area contributed by atoms with Crippen molar-refractivity contribution >= 4 is 11.9 Å². The van der Waals surface area contributed by atoms with Crippen molar-refractivity contribution in [2.75, 3.05) is 0 Å². The number of nitrogens with one attached hydrogen (secondary N) is 1. The van der Waals surface area contributed by atoms with Gasteiger partial charge in [0.2, 0.25) is 0 Å². The van der Waals surface area contributed by atoms with Crippen LogP contribution < -0.4 is 10.1 Å². The lowest BCUT2D eigenvalue weighted by Crippen LogP contribution is -2.43. The van der Waals surface area contributed by atoms with E-state index in [1.807, 2.05) is 0 Å². The minimum absolute atomic E-state index is 0.157. The Hall–Kier alpha value is -2.11. The van der Waals surface area contributed by atoms with Crippen molar-refractivity contribution in [3.63, 3.8) is 0 Å². The summed E-state index contributed by atoms with van der Waals surface area (Å²) in [6.07, 6.45) is 4.80. The number of amides is 1. The smallest absolute Gasteiger partial charge is 0.347 e. The quantitative estimate of drug-likeness (QED) is 0.630. The van der Waals surface area contributed by atoms with Gasteiger partial charge in [-0.3, -0.25) is 4.79 Å². The lowest BCUT2D eigenvalue weighted by atomic mass is 10.1. The van der Waals surface area contributed by atoms with Crippen molar-refractivity contribution in [2.24, 2.45) is 0 Å². The molecule has 1 amide bonds. The van der Waals surface area contributed by atoms with Crippen LogP contribution in [-0.2, 0) is 14.3 Å². The standard InChI is InChI=1S/C19H26FNO4/c1-13(18(22)21-16-7-5-3-4-6-8-16)25-19(23)14(2)24-17-11-9-15(20)10-12-17/h9-14,16H,3-8H2,1-2H3,(H,21,22)/t13-,14+/m1/s1. The zero-order valence-electron chi connectivity index (χ0n) is 14.8. The highest BCUT2D eigenvalue weighted by atomic mass is 19.1. The number of carbonyl (C=O) groups excluding carboxylic acids is 2. The van der Waals surface area contributed by atoms with Gasteiger partial charge in [-0.15, -0.1) is 0 Å². The molecule has 0 unspecified atom stereocenters. The number of halogens is 1. The molecule has 0 aromatic heterocycles. The predicted octanol–water partition coefficient (Wildman–Crippen LogP) is 3.36. The molecule has 25 heavy (non-hydrogen) atoms. The van der Waals surface area contributed by atoms with Gasteiger partial charge in [-0.2, -0.15) is 0 Å². The van der Waals surface area contributed by atoms with Gasteiger partial charge in [0.25, 0.3) is 5.91 Å². The van der Waals surface area contributed by atoms with Gasteiger partial charge in [-0.05, 0) is 51.0 Å². The molecule has 1 aromatic carbocycles. The summed E-state index contributed by atoms with van der Waals surface area (Å²) < 4.78 is 23.5. The Morgan fingerprint density at radius 1 is 1.04 bits per heavy atom. The fourth-order valence-corrected chi connectivity index (χ4v) is 2.83. The summed E-state index contributed by atoms with van der Waals surface area (Å²) in [5.41, 5.74) is 0. The first-order valence-electron chi connectivity index (χ1n) is 8.89. The van der Waals surface area contributed by atoms with Gasteiger partial charge in [0.15, 0.2) is 12.2 Å². The maximum Gasteiger partial charge on any atom is 0.347 e. The van der Waals surface area contributed by atoms with Crippen LogP contribution in [0, 0.1) is 5.82 Å². The molecule has 1 aliphatic carbocycles. The number of benzene rings is 1. The normalized spacial score (nSPS) is 17.9. The van der Waals surface area contributed by atoms with Crippen LogP contribution in [0.15, 0.2) is 24.3 Å². The molecule has 2 atom stereocenters. The molecule has 0 bridgehead atoms. The Morgan fingerprint density at radius 3 is 2.24 bits per heavy atom. The van der Waals surface area contributed by atoms with Crippen molar-refractivity contribution in [1.82, 2.24) is 5.32 Å². The largest absolute Gasteiger partial charge is 0.479 e. The van der Waals surface area contributed by atoms with Crippen LogP contribution in [0.5, 0.6) is 5.75 Å². The molecule has 1 aliphatic rings. The lowest BCUT2D eigenvalue weighted by Gasteiger charge is -2.21. The Kier molecular flexibility index (Phi) is 7.22. The van der Waals surface area contributed by atoms with E-state index in [0.29, 0.717) is 5.75 Å². The third-order valence-corrected chi connectivity index (χ3v) is 4.32. The van der Waals surface area contributed by atoms with Gasteiger partial charge in [0, 0.05) is 6.04 Å². The number of rotatable bonds is 6. The van der Waals surface area contributed by atoms with Crippen LogP contribution in [0.4, 0.5) is 4.39 Å². The van der Waals surface area contributed by atoms with Crippen LogP contribution in [0.3, 0.4) is 0 Å². The number of hydrogen-bond donors (Lipinski definition) is 1. The summed E-state index contributed by atoms with van der Waals surface area (Å²) in [6.45, 7) is 3.08. The monoisotopic (exact) mass is 351 g/mol. The molecule has 138 valence electrons. The molecule has 6 heteroatoms. The second-order valence-corrected chi connectivity index (χ2v) is 6.49. The van der Waals surface area contributed by atoms with Gasteiger partial charge in [-0.1, -0.05) is 25.7 Å². The molecule has 0 heterocycles. The molecule has 0 spiro atoms. The summed E-state index contributed by atoms with van der Waals surface area (Å²) in [6, 6.07) is 5.51. The van der Waals surface area contributed by atoms with Crippen molar-refractivity contribution in [3.05, 3.63) is 30.1 Å². The maximum atomic E-state index is 12.9. The summed E-state index contributed by atoms with van der Waals surface area (Å²) in [5.74, 6) is -0.935. The van der Waals surface area contributed by atoms with Crippen LogP contribution in [0.1, 0.15) is 52.4 Å². The summed E-state index contributed by atoms with van der Waals surface area (Å²) in [4.78, 5) is 24.3. The van der Waals surface area contributed by atoms with Crippen LogP contribution in [0.2, 0.25) is 0 Å². The lowest BCUT2D eigenvalue weighted by molar-refractivity contribution is -0.161. The van der Waals surface area contributed by atoms with E-state index < -0.39 is 18.2 Å². The van der Waals surface area contributed by atoms with Crippen LogP contribution in [-0.4, -0.2) is 30.1 Å². The number of esters is 1. The van der Waals surface area contributed by atoms with Crippen molar-refractivity contribution < 1.29 is 23.5 Å². The van der Waals surface area contributed by atoms with Gasteiger partial charge in [-0.25, -0.2) is 9.18 Å². The minimum atomic E-state index is -0.890. The van der Waals surface area contributed by atoms with Crippen LogP contribution >= 0.6 is 0 Å². The summed E-state index contributed by atoms with van der Waals surface area (Å²) in [7, 11) is 0. The number of carbonyl (C=O) groups is 2. The third-order valence-electron chi connectivity index (χ3n) is 4.32. The second-order valence-electron chi connectivity index (χ2n) is 6.49. The van der Waals surface area contributed by atoms with Gasteiger partial charge in [0.05, 0.1) is 0 Å². The van der Waals surface area contributed by atoms with E-state index in [-0.39, 0.29) is 17.8 Å². The van der Waals surface area contributed by atoms with Crippen molar-refractivity contribution in [1.29, 1.82) is 0 Å². The SMILES string of the molecule is C[C@H](Oc1ccc(F)cc1)C(=O)O[C@H](C)C(=O)NC1CCCCCC1. The van der Waals surface area contributed by atoms with Gasteiger partial charge >= 0.3 is 5.97 Å². The van der Waals surface area contributed by atoms with E-state index in [1.165, 1.54) is 44.0 Å². The molecule has 0 saturated heterocycles. The third kappa shape index (κ3) is 6.36. The number of ether oxygens (including phenoxy) is 2. The molecule has 0 aliphatic heterocycles. The van der Waals surface area contributed by atoms with E-state index in [2.05, 4.69) is 5.32 Å². The maximum absolute atomic E-state index is 12.9. The highest BCUT2D eigenvalue weighted by Gasteiger charge is 2.25. The highest BCUT2D eigenvalue weighted by molar-refractivity contribution is 5.84. The molecule has 1 fully saturated rings. The van der Waals surface area contributed by atoms with Crippen molar-refractivity contribution in [3.8, 4) is 5.75 Å². The van der Waals surface area contributed by atoms with Crippen molar-refractivity contribution in [2.45, 2.75) is 70.6 Å². The summed E-state index contributed by atoms with van der Waals surface area (Å²) in [5, 5.41) is 2.96. The predicted molar refractivity (Wildman–Crippen MR) is 91.7 cm³/mol. The van der Waals surface area contributed by atoms with E-state index in [0.717, 1.165) is 25.7 Å². The van der Waals surface area contributed by atoms with Gasteiger partial charge in [0.1, 0.15) is 11.6 Å². The first-order valence-corrected chi connectivity index (χ1v) is 8.89. The molecular weight excluding hydrogens is 325 g/mol. The molecular formula is C19H26FNO4. The Morgan fingerprint density at radius 2 is 1.64 bits per heavy atom. The number of hydrogen-bond acceptors (Lipinski definition) is 4. The fraction of sp³-hybridized carbons (Fsp3) is 0.579. The first-order chi connectivity index (χ1) is 12.0. The zero-order chi connectivity index (χ0) is 18.2. The average Bonchev–Trinajstić information content (AvgIpc) is 2.85. The first kappa shape index (κ1) is 19.2. The van der Waals surface area contributed by atoms with Gasteiger partial charge < -0.3 is 14.8 Å². The topological polar surface area (TPSA) is 64.6 Å². The van der Waals surface area contributed by atoms with E-state index in [1.54, 1.807) is 6.92 Å². The summed E-state index contributed by atoms with van der Waals surface area (Å²) >= 11 is 0. The van der Waals surface area contributed by atoms with Crippen LogP contribution in [0.25, 0.3) is 0 Å². The highest BCUT2D eigenvalue weighted by Crippen LogP contribution is 2.17. The minimum Gasteiger partial charge on any atom is -0.479 e. The average molecular weight is 351 g/mol. The fourth-order valence-electron chi connectivity index (χ4n) is 2.83. The molecule has 0 radical (unpaired) electrons. The Balaban J connectivity index is 1.79.